The molecule has 2 heterocycles. The number of nitrogens with zero attached hydrogens (tertiary/aromatic N) is 2. The molecule has 0 N–H and O–H groups in total. The largest absolute Gasteiger partial charge is 0.466 e. The molecule has 7 heteroatoms. The molecule has 0 radical (unpaired) electrons. The highest BCUT2D eigenvalue weighted by molar-refractivity contribution is 5.95. The molecule has 180 valence electrons. The maximum Gasteiger partial charge on any atom is 0.310 e. The highest BCUT2D eigenvalue weighted by Crippen LogP contribution is 2.33. The maximum absolute atomic E-state index is 13.8. The van der Waals surface area contributed by atoms with E-state index in [1.54, 1.807) is 22.8 Å². The lowest BCUT2D eigenvalue weighted by atomic mass is 9.83. The number of esters is 1. The van der Waals surface area contributed by atoms with E-state index in [0.717, 1.165) is 12.0 Å². The molecule has 2 aromatic rings. The molecule has 2 fully saturated rings. The second kappa shape index (κ2) is 10.8. The third-order valence-electron chi connectivity index (χ3n) is 6.78. The number of ether oxygens (including phenoxy) is 1. The number of benzene rings is 2. The number of piperidine rings is 2. The first-order valence-electron chi connectivity index (χ1n) is 12.0. The van der Waals surface area contributed by atoms with Crippen LogP contribution in [0.25, 0.3) is 0 Å². The predicted octanol–water partition coefficient (Wildman–Crippen LogP) is 3.87. The standard InChI is InChI=1S/C27H31FN2O4/c1-2-34-27(33)21-11-7-13-29(16-21)26(32)23-14-22(19-8-4-3-5-9-19)17-30(18-23)25(31)20-10-6-12-24(28)15-20/h3-6,8-10,12,15,21-23H,2,7,11,13-14,16-18H2,1H3/t21-,22+,23-/m1/s1. The van der Waals surface area contributed by atoms with E-state index in [-0.39, 0.29) is 41.7 Å². The van der Waals surface area contributed by atoms with Gasteiger partial charge < -0.3 is 14.5 Å². The molecule has 6 nitrogen and oxygen atoms in total. The third kappa shape index (κ3) is 5.46. The van der Waals surface area contributed by atoms with Crippen LogP contribution in [-0.2, 0) is 14.3 Å². The van der Waals surface area contributed by atoms with Crippen LogP contribution in [0.2, 0.25) is 0 Å². The van der Waals surface area contributed by atoms with Gasteiger partial charge in [-0.2, -0.15) is 0 Å². The van der Waals surface area contributed by atoms with Crippen molar-refractivity contribution in [3.05, 3.63) is 71.5 Å². The van der Waals surface area contributed by atoms with E-state index in [0.29, 0.717) is 39.1 Å². The van der Waals surface area contributed by atoms with Crippen molar-refractivity contribution in [2.75, 3.05) is 32.8 Å². The normalized spacial score (nSPS) is 22.8. The first kappa shape index (κ1) is 23.9. The van der Waals surface area contributed by atoms with Crippen molar-refractivity contribution >= 4 is 17.8 Å². The van der Waals surface area contributed by atoms with Crippen molar-refractivity contribution in [3.8, 4) is 0 Å². The monoisotopic (exact) mass is 466 g/mol. The lowest BCUT2D eigenvalue weighted by Crippen LogP contribution is -2.51. The smallest absolute Gasteiger partial charge is 0.310 e. The molecular formula is C27H31FN2O4. The molecule has 0 bridgehead atoms. The second-order valence-corrected chi connectivity index (χ2v) is 9.14. The molecule has 3 atom stereocenters. The summed E-state index contributed by atoms with van der Waals surface area (Å²) in [6, 6.07) is 15.5. The summed E-state index contributed by atoms with van der Waals surface area (Å²) >= 11 is 0. The van der Waals surface area contributed by atoms with Crippen LogP contribution in [0, 0.1) is 17.7 Å². The van der Waals surface area contributed by atoms with Crippen LogP contribution < -0.4 is 0 Å². The Hall–Kier alpha value is -3.22. The van der Waals surface area contributed by atoms with E-state index < -0.39 is 11.7 Å². The maximum atomic E-state index is 13.8. The number of halogens is 1. The summed E-state index contributed by atoms with van der Waals surface area (Å²) < 4.78 is 18.9. The Labute approximate surface area is 199 Å². The van der Waals surface area contributed by atoms with Gasteiger partial charge >= 0.3 is 5.97 Å². The Bertz CT molecular complexity index is 1030. The molecular weight excluding hydrogens is 435 g/mol. The Morgan fingerprint density at radius 3 is 2.47 bits per heavy atom. The van der Waals surface area contributed by atoms with Gasteiger partial charge in [-0.3, -0.25) is 14.4 Å². The molecule has 2 aliphatic heterocycles. The molecule has 2 saturated heterocycles. The van der Waals surface area contributed by atoms with Gasteiger partial charge in [0.1, 0.15) is 5.82 Å². The van der Waals surface area contributed by atoms with Crippen molar-refractivity contribution in [2.24, 2.45) is 11.8 Å². The van der Waals surface area contributed by atoms with Crippen molar-refractivity contribution in [1.29, 1.82) is 0 Å². The molecule has 0 aromatic heterocycles. The summed E-state index contributed by atoms with van der Waals surface area (Å²) in [7, 11) is 0. The van der Waals surface area contributed by atoms with Gasteiger partial charge in [0.05, 0.1) is 18.4 Å². The van der Waals surface area contributed by atoms with Crippen LogP contribution in [0.4, 0.5) is 4.39 Å². The van der Waals surface area contributed by atoms with E-state index >= 15 is 0 Å². The summed E-state index contributed by atoms with van der Waals surface area (Å²) in [6.07, 6.45) is 2.08. The number of rotatable bonds is 5. The fourth-order valence-corrected chi connectivity index (χ4v) is 5.10. The Kier molecular flexibility index (Phi) is 7.60. The molecule has 4 rings (SSSR count). The van der Waals surface area contributed by atoms with Crippen LogP contribution in [0.1, 0.15) is 48.0 Å². The SMILES string of the molecule is CCOC(=O)[C@@H]1CCCN(C(=O)[C@@H]2C[C@H](c3ccccc3)CN(C(=O)c3cccc(F)c3)C2)C1. The summed E-state index contributed by atoms with van der Waals surface area (Å²) in [6.45, 7) is 3.79. The van der Waals surface area contributed by atoms with Crippen molar-refractivity contribution in [3.63, 3.8) is 0 Å². The molecule has 0 aliphatic carbocycles. The van der Waals surface area contributed by atoms with Gasteiger partial charge in [-0.05, 0) is 49.9 Å². The van der Waals surface area contributed by atoms with Gasteiger partial charge in [-0.1, -0.05) is 36.4 Å². The zero-order chi connectivity index (χ0) is 24.1. The molecule has 2 aromatic carbocycles. The quantitative estimate of drug-likeness (QED) is 0.628. The highest BCUT2D eigenvalue weighted by atomic mass is 19.1. The summed E-state index contributed by atoms with van der Waals surface area (Å²) in [4.78, 5) is 42.5. The van der Waals surface area contributed by atoms with E-state index in [9.17, 15) is 18.8 Å². The summed E-state index contributed by atoms with van der Waals surface area (Å²) in [5.41, 5.74) is 1.35. The number of hydrogen-bond acceptors (Lipinski definition) is 4. The number of amides is 2. The molecule has 2 aliphatic rings. The minimum atomic E-state index is -0.464. The van der Waals surface area contributed by atoms with Crippen molar-refractivity contribution in [1.82, 2.24) is 9.80 Å². The molecule has 2 amide bonds. The summed E-state index contributed by atoms with van der Waals surface area (Å²) in [5, 5.41) is 0. The lowest BCUT2D eigenvalue weighted by molar-refractivity contribution is -0.152. The first-order chi connectivity index (χ1) is 16.5. The zero-order valence-corrected chi connectivity index (χ0v) is 19.5. The zero-order valence-electron chi connectivity index (χ0n) is 19.5. The third-order valence-corrected chi connectivity index (χ3v) is 6.78. The van der Waals surface area contributed by atoms with E-state index in [4.69, 9.17) is 4.74 Å². The summed E-state index contributed by atoms with van der Waals surface area (Å²) in [5.74, 6) is -1.74. The van der Waals surface area contributed by atoms with Gasteiger partial charge in [0.15, 0.2) is 0 Å². The Balaban J connectivity index is 1.55. The van der Waals surface area contributed by atoms with Crippen LogP contribution in [0.3, 0.4) is 0 Å². The highest BCUT2D eigenvalue weighted by Gasteiger charge is 2.38. The Morgan fingerprint density at radius 1 is 0.971 bits per heavy atom. The van der Waals surface area contributed by atoms with Crippen LogP contribution in [-0.4, -0.2) is 60.4 Å². The van der Waals surface area contributed by atoms with Crippen LogP contribution in [0.5, 0.6) is 0 Å². The Morgan fingerprint density at radius 2 is 1.74 bits per heavy atom. The molecule has 0 spiro atoms. The minimum absolute atomic E-state index is 0.00736. The second-order valence-electron chi connectivity index (χ2n) is 9.14. The number of hydrogen-bond donors (Lipinski definition) is 0. The molecule has 0 unspecified atom stereocenters. The van der Waals surface area contributed by atoms with E-state index in [1.807, 2.05) is 30.3 Å². The fraction of sp³-hybridized carbons (Fsp3) is 0.444. The van der Waals surface area contributed by atoms with Crippen LogP contribution in [0.15, 0.2) is 54.6 Å². The molecule has 34 heavy (non-hydrogen) atoms. The van der Waals surface area contributed by atoms with Crippen LogP contribution >= 0.6 is 0 Å². The number of carbonyl (C=O) groups is 3. The average molecular weight is 467 g/mol. The number of carbonyl (C=O) groups excluding carboxylic acids is 3. The van der Waals surface area contributed by atoms with E-state index in [2.05, 4.69) is 0 Å². The minimum Gasteiger partial charge on any atom is -0.466 e. The fourth-order valence-electron chi connectivity index (χ4n) is 5.10. The van der Waals surface area contributed by atoms with Gasteiger partial charge in [-0.25, -0.2) is 4.39 Å². The van der Waals surface area contributed by atoms with Gasteiger partial charge in [0, 0.05) is 37.7 Å². The average Bonchev–Trinajstić information content (AvgIpc) is 2.88. The topological polar surface area (TPSA) is 66.9 Å². The van der Waals surface area contributed by atoms with E-state index in [1.165, 1.54) is 18.2 Å². The number of likely N-dealkylation sites (tertiary alicyclic amines) is 2. The first-order valence-corrected chi connectivity index (χ1v) is 12.0. The van der Waals surface area contributed by atoms with Gasteiger partial charge in [-0.15, -0.1) is 0 Å². The van der Waals surface area contributed by atoms with Gasteiger partial charge in [0.25, 0.3) is 5.91 Å². The van der Waals surface area contributed by atoms with Gasteiger partial charge in [0.2, 0.25) is 5.91 Å². The van der Waals surface area contributed by atoms with Crippen molar-refractivity contribution in [2.45, 2.75) is 32.1 Å². The molecule has 0 saturated carbocycles. The predicted molar refractivity (Wildman–Crippen MR) is 126 cm³/mol. The van der Waals surface area contributed by atoms with Crippen molar-refractivity contribution < 1.29 is 23.5 Å². The lowest BCUT2D eigenvalue weighted by Gasteiger charge is -2.40.